The zero-order valence-corrected chi connectivity index (χ0v) is 37.2. The fourth-order valence-electron chi connectivity index (χ4n) is 6.01. The number of aliphatic hydroxyl groups excluding tert-OH is 1. The van der Waals surface area contributed by atoms with Gasteiger partial charge in [-0.2, -0.15) is 0 Å². The van der Waals surface area contributed by atoms with Crippen LogP contribution in [0.4, 0.5) is 0 Å². The Morgan fingerprint density at radius 2 is 1.00 bits per heavy atom. The Labute approximate surface area is 348 Å². The van der Waals surface area contributed by atoms with Crippen LogP contribution in [0.1, 0.15) is 194 Å². The first-order valence-electron chi connectivity index (χ1n) is 22.8. The van der Waals surface area contributed by atoms with Gasteiger partial charge in [-0.15, -0.1) is 0 Å². The fraction of sp³-hybridized carbons (Fsp3) is 0.745. The summed E-state index contributed by atoms with van der Waals surface area (Å²) < 4.78 is 26.9. The number of esters is 1. The number of ether oxygens (including phenoxy) is 1. The van der Waals surface area contributed by atoms with E-state index < -0.39 is 26.5 Å². The number of allylic oxidation sites excluding steroid dienone is 10. The van der Waals surface area contributed by atoms with Crippen molar-refractivity contribution < 1.29 is 37.9 Å². The Balaban J connectivity index is 3.60. The summed E-state index contributed by atoms with van der Waals surface area (Å²) in [7, 11) is -4.43. The molecule has 57 heavy (non-hydrogen) atoms. The summed E-state index contributed by atoms with van der Waals surface area (Å²) in [4.78, 5) is 33.9. The molecule has 3 N–H and O–H groups in total. The van der Waals surface area contributed by atoms with Gasteiger partial charge in [0.05, 0.1) is 13.2 Å². The first kappa shape index (κ1) is 54.7. The van der Waals surface area contributed by atoms with Crippen LogP contribution in [0.5, 0.6) is 0 Å². The van der Waals surface area contributed by atoms with Crippen molar-refractivity contribution >= 4 is 19.7 Å². The van der Waals surface area contributed by atoms with Gasteiger partial charge in [-0.25, -0.2) is 4.57 Å². The third kappa shape index (κ3) is 44.7. The second-order valence-electron chi connectivity index (χ2n) is 15.0. The van der Waals surface area contributed by atoms with Gasteiger partial charge < -0.3 is 20.1 Å². The smallest absolute Gasteiger partial charge is 0.463 e. The lowest BCUT2D eigenvalue weighted by molar-refractivity contribution is -0.147. The van der Waals surface area contributed by atoms with Gasteiger partial charge in [-0.05, 0) is 77.0 Å². The van der Waals surface area contributed by atoms with Crippen LogP contribution in [0.2, 0.25) is 0 Å². The average Bonchev–Trinajstić information content (AvgIpc) is 3.20. The van der Waals surface area contributed by atoms with Gasteiger partial charge in [0.2, 0.25) is 5.91 Å². The predicted molar refractivity (Wildman–Crippen MR) is 238 cm³/mol. The minimum atomic E-state index is -4.43. The lowest BCUT2D eigenvalue weighted by atomic mass is 10.0. The second-order valence-corrected chi connectivity index (χ2v) is 16.4. The highest BCUT2D eigenvalue weighted by molar-refractivity contribution is 7.47. The number of aliphatic hydroxyl groups is 1. The maximum Gasteiger partial charge on any atom is 0.472 e. The summed E-state index contributed by atoms with van der Waals surface area (Å²) in [6.45, 7) is 3.40. The molecular weight excluding hydrogens is 737 g/mol. The normalized spacial score (nSPS) is 13.8. The Bertz CT molecular complexity index is 1120. The van der Waals surface area contributed by atoms with Crippen LogP contribution in [-0.2, 0) is 27.9 Å². The number of amides is 1. The highest BCUT2D eigenvalue weighted by atomic mass is 31.2. The number of unbranched alkanes of at least 4 members (excludes halogenated alkanes) is 19. The summed E-state index contributed by atoms with van der Waals surface area (Å²) in [5.41, 5.74) is 0. The molecule has 9 nitrogen and oxygen atoms in total. The molecule has 0 bridgehead atoms. The SMILES string of the molecule is CC/C=C\C/C=C\C/C=C\CCCCCCCC(=O)NCCOP(=O)(O)OCC(O)COC(=O)CCCCCCCCCCCCC/C=C\C/C=C\CCCCC. The molecule has 0 aromatic carbocycles. The van der Waals surface area contributed by atoms with Gasteiger partial charge in [0, 0.05) is 19.4 Å². The summed E-state index contributed by atoms with van der Waals surface area (Å²) in [5, 5.41) is 12.7. The van der Waals surface area contributed by atoms with Crippen LogP contribution in [0.3, 0.4) is 0 Å². The van der Waals surface area contributed by atoms with Crippen molar-refractivity contribution in [2.24, 2.45) is 0 Å². The molecule has 0 aliphatic heterocycles. The van der Waals surface area contributed by atoms with Crippen LogP contribution in [0.15, 0.2) is 60.8 Å². The maximum absolute atomic E-state index is 12.1. The largest absolute Gasteiger partial charge is 0.472 e. The van der Waals surface area contributed by atoms with Crippen LogP contribution in [0.25, 0.3) is 0 Å². The van der Waals surface area contributed by atoms with E-state index >= 15 is 0 Å². The van der Waals surface area contributed by atoms with Crippen molar-refractivity contribution in [3.63, 3.8) is 0 Å². The third-order valence-corrected chi connectivity index (χ3v) is 10.4. The first-order valence-corrected chi connectivity index (χ1v) is 24.3. The van der Waals surface area contributed by atoms with Crippen molar-refractivity contribution in [3.8, 4) is 0 Å². The zero-order chi connectivity index (χ0) is 41.8. The monoisotopic (exact) mass is 822 g/mol. The van der Waals surface area contributed by atoms with Crippen molar-refractivity contribution in [1.82, 2.24) is 5.32 Å². The van der Waals surface area contributed by atoms with E-state index in [1.54, 1.807) is 0 Å². The van der Waals surface area contributed by atoms with E-state index in [4.69, 9.17) is 13.8 Å². The number of phosphoric acid groups is 1. The highest BCUT2D eigenvalue weighted by Gasteiger charge is 2.23. The number of hydrogen-bond acceptors (Lipinski definition) is 7. The molecule has 1 amide bonds. The topological polar surface area (TPSA) is 131 Å². The van der Waals surface area contributed by atoms with E-state index in [9.17, 15) is 24.2 Å². The van der Waals surface area contributed by atoms with E-state index in [2.05, 4.69) is 79.9 Å². The van der Waals surface area contributed by atoms with Crippen molar-refractivity contribution in [1.29, 1.82) is 0 Å². The molecule has 0 saturated heterocycles. The summed E-state index contributed by atoms with van der Waals surface area (Å²) in [5.74, 6) is -0.537. The quantitative estimate of drug-likeness (QED) is 0.0240. The average molecular weight is 822 g/mol. The molecule has 0 aliphatic rings. The molecule has 0 radical (unpaired) electrons. The van der Waals surface area contributed by atoms with Gasteiger partial charge in [0.25, 0.3) is 0 Å². The van der Waals surface area contributed by atoms with Gasteiger partial charge in [-0.1, -0.05) is 164 Å². The lowest BCUT2D eigenvalue weighted by Crippen LogP contribution is -2.27. The van der Waals surface area contributed by atoms with E-state index in [0.29, 0.717) is 6.42 Å². The number of nitrogens with one attached hydrogen (secondary N) is 1. The Kier molecular flexibility index (Phi) is 41.6. The van der Waals surface area contributed by atoms with Crippen LogP contribution in [0, 0.1) is 0 Å². The minimum Gasteiger partial charge on any atom is -0.463 e. The molecule has 10 heteroatoms. The summed E-state index contributed by atoms with van der Waals surface area (Å²) in [6.07, 6.45) is 51.5. The maximum atomic E-state index is 12.1. The van der Waals surface area contributed by atoms with E-state index in [1.165, 1.54) is 83.5 Å². The molecule has 2 atom stereocenters. The van der Waals surface area contributed by atoms with Crippen molar-refractivity contribution in [3.05, 3.63) is 60.8 Å². The van der Waals surface area contributed by atoms with Gasteiger partial charge in [-0.3, -0.25) is 18.6 Å². The molecule has 2 unspecified atom stereocenters. The Hall–Kier alpha value is -2.29. The highest BCUT2D eigenvalue weighted by Crippen LogP contribution is 2.42. The molecular formula is C47H84NO8P. The van der Waals surface area contributed by atoms with E-state index in [-0.39, 0.29) is 32.1 Å². The molecule has 0 heterocycles. The van der Waals surface area contributed by atoms with Crippen LogP contribution < -0.4 is 5.32 Å². The van der Waals surface area contributed by atoms with E-state index in [1.807, 2.05) is 0 Å². The molecule has 0 aliphatic carbocycles. The number of phosphoric ester groups is 1. The van der Waals surface area contributed by atoms with Gasteiger partial charge in [0.15, 0.2) is 0 Å². The molecule has 0 saturated carbocycles. The minimum absolute atomic E-state index is 0.0698. The van der Waals surface area contributed by atoms with Crippen molar-refractivity contribution in [2.45, 2.75) is 200 Å². The summed E-state index contributed by atoms with van der Waals surface area (Å²) in [6, 6.07) is 0. The van der Waals surface area contributed by atoms with Crippen molar-refractivity contribution in [2.75, 3.05) is 26.4 Å². The first-order chi connectivity index (χ1) is 27.8. The van der Waals surface area contributed by atoms with Gasteiger partial charge in [0.1, 0.15) is 12.7 Å². The van der Waals surface area contributed by atoms with E-state index in [0.717, 1.165) is 83.5 Å². The molecule has 0 aromatic heterocycles. The lowest BCUT2D eigenvalue weighted by Gasteiger charge is -2.15. The fourth-order valence-corrected chi connectivity index (χ4v) is 6.77. The number of hydrogen-bond donors (Lipinski definition) is 3. The van der Waals surface area contributed by atoms with Crippen LogP contribution in [-0.4, -0.2) is 54.3 Å². The molecule has 0 spiro atoms. The Morgan fingerprint density at radius 3 is 1.51 bits per heavy atom. The number of carbonyl (C=O) groups excluding carboxylic acids is 2. The number of carbonyl (C=O) groups is 2. The van der Waals surface area contributed by atoms with Crippen LogP contribution >= 0.6 is 7.82 Å². The predicted octanol–water partition coefficient (Wildman–Crippen LogP) is 12.9. The molecule has 0 aromatic rings. The van der Waals surface area contributed by atoms with Gasteiger partial charge >= 0.3 is 13.8 Å². The standard InChI is InChI=1S/C47H84NO8P/c1-3-5-7-9-11-13-15-17-19-20-21-22-23-24-26-28-30-32-34-36-38-40-47(51)54-43-45(49)44-56-57(52,53)55-42-41-48-46(50)39-37-35-33-31-29-27-25-18-16-14-12-10-8-6-4-2/h6,8,11-14,17-19,25,45,49H,3-5,7,9-10,15-16,20-24,26-44H2,1-2H3,(H,48,50)(H,52,53)/b8-6-,13-11-,14-12-,19-17-,25-18-. The molecule has 330 valence electrons. The molecule has 0 fully saturated rings. The second kappa shape index (κ2) is 43.3. The third-order valence-electron chi connectivity index (χ3n) is 9.43. The Morgan fingerprint density at radius 1 is 0.561 bits per heavy atom. The summed E-state index contributed by atoms with van der Waals surface area (Å²) >= 11 is 0. The zero-order valence-electron chi connectivity index (χ0n) is 36.3. The number of rotatable bonds is 42. The molecule has 0 rings (SSSR count).